The van der Waals surface area contributed by atoms with Crippen LogP contribution in [0.25, 0.3) is 0 Å². The summed E-state index contributed by atoms with van der Waals surface area (Å²) in [7, 11) is -3.58. The van der Waals surface area contributed by atoms with Gasteiger partial charge in [0.15, 0.2) is 0 Å². The van der Waals surface area contributed by atoms with Crippen LogP contribution in [0.4, 0.5) is 5.69 Å². The van der Waals surface area contributed by atoms with Gasteiger partial charge in [0, 0.05) is 10.6 Å². The van der Waals surface area contributed by atoms with Gasteiger partial charge in [0.1, 0.15) is 0 Å². The van der Waals surface area contributed by atoms with Crippen molar-refractivity contribution >= 4 is 27.0 Å². The van der Waals surface area contributed by atoms with Crippen molar-refractivity contribution in [3.8, 4) is 0 Å². The lowest BCUT2D eigenvalue weighted by atomic mass is 10.2. The standard InChI is InChI=1S/C13H18N4O2S2/c1-8-13(20-10(3)15-8)9(2)17-21(18,19)12-6-4-11(16-14)5-7-12/h4-7,9,16-17H,14H2,1-3H3. The minimum Gasteiger partial charge on any atom is -0.324 e. The van der Waals surface area contributed by atoms with Crippen LogP contribution >= 0.6 is 11.3 Å². The Kier molecular flexibility index (Phi) is 4.62. The van der Waals surface area contributed by atoms with Crippen LogP contribution in [0.1, 0.15) is 28.5 Å². The number of aromatic nitrogens is 1. The predicted octanol–water partition coefficient (Wildman–Crippen LogP) is 2.09. The highest BCUT2D eigenvalue weighted by Crippen LogP contribution is 2.26. The first-order valence-corrected chi connectivity index (χ1v) is 8.66. The zero-order chi connectivity index (χ0) is 15.6. The maximum atomic E-state index is 12.4. The zero-order valence-electron chi connectivity index (χ0n) is 12.0. The zero-order valence-corrected chi connectivity index (χ0v) is 13.7. The first kappa shape index (κ1) is 15.9. The number of hydrogen-bond acceptors (Lipinski definition) is 6. The molecular weight excluding hydrogens is 308 g/mol. The van der Waals surface area contributed by atoms with Crippen LogP contribution in [0.2, 0.25) is 0 Å². The Hall–Kier alpha value is -1.48. The second-order valence-corrected chi connectivity index (χ2v) is 7.64. The van der Waals surface area contributed by atoms with E-state index in [1.807, 2.05) is 20.8 Å². The SMILES string of the molecule is Cc1nc(C)c(C(C)NS(=O)(=O)c2ccc(NN)cc2)s1. The third-order valence-electron chi connectivity index (χ3n) is 3.00. The lowest BCUT2D eigenvalue weighted by Crippen LogP contribution is -2.26. The summed E-state index contributed by atoms with van der Waals surface area (Å²) in [5, 5.41) is 0.923. The molecule has 4 N–H and O–H groups in total. The van der Waals surface area contributed by atoms with Crippen molar-refractivity contribution in [2.45, 2.75) is 31.7 Å². The number of rotatable bonds is 5. The molecular formula is C13H18N4O2S2. The molecule has 114 valence electrons. The molecule has 0 amide bonds. The number of hydrazine groups is 1. The van der Waals surface area contributed by atoms with Crippen molar-refractivity contribution in [2.24, 2.45) is 5.84 Å². The van der Waals surface area contributed by atoms with Gasteiger partial charge in [-0.25, -0.2) is 18.1 Å². The molecule has 8 heteroatoms. The summed E-state index contributed by atoms with van der Waals surface area (Å²) in [6, 6.07) is 5.92. The summed E-state index contributed by atoms with van der Waals surface area (Å²) in [6.45, 7) is 5.60. The summed E-state index contributed by atoms with van der Waals surface area (Å²) in [6.07, 6.45) is 0. The molecule has 0 aliphatic heterocycles. The Morgan fingerprint density at radius 1 is 1.24 bits per heavy atom. The number of nitrogens with one attached hydrogen (secondary N) is 2. The normalized spacial score (nSPS) is 13.1. The van der Waals surface area contributed by atoms with E-state index < -0.39 is 10.0 Å². The molecule has 0 saturated carbocycles. The molecule has 2 aromatic rings. The number of hydrogen-bond donors (Lipinski definition) is 3. The molecule has 1 aromatic heterocycles. The van der Waals surface area contributed by atoms with E-state index in [1.165, 1.54) is 23.5 Å². The average Bonchev–Trinajstić information content (AvgIpc) is 2.77. The van der Waals surface area contributed by atoms with Crippen molar-refractivity contribution in [2.75, 3.05) is 5.43 Å². The number of benzene rings is 1. The van der Waals surface area contributed by atoms with Crippen LogP contribution in [-0.4, -0.2) is 13.4 Å². The highest BCUT2D eigenvalue weighted by Gasteiger charge is 2.21. The molecule has 0 spiro atoms. The van der Waals surface area contributed by atoms with Crippen LogP contribution in [0.15, 0.2) is 29.2 Å². The minimum atomic E-state index is -3.58. The number of anilines is 1. The number of nitrogens with two attached hydrogens (primary N) is 1. The van der Waals surface area contributed by atoms with Gasteiger partial charge >= 0.3 is 0 Å². The van der Waals surface area contributed by atoms with Crippen molar-refractivity contribution in [1.82, 2.24) is 9.71 Å². The third kappa shape index (κ3) is 3.59. The van der Waals surface area contributed by atoms with E-state index in [0.717, 1.165) is 15.6 Å². The Morgan fingerprint density at radius 2 is 1.86 bits per heavy atom. The molecule has 21 heavy (non-hydrogen) atoms. The minimum absolute atomic E-state index is 0.201. The van der Waals surface area contributed by atoms with Gasteiger partial charge in [-0.15, -0.1) is 11.3 Å². The number of thiazole rings is 1. The van der Waals surface area contributed by atoms with Crippen LogP contribution in [-0.2, 0) is 10.0 Å². The van der Waals surface area contributed by atoms with Crippen molar-refractivity contribution in [3.63, 3.8) is 0 Å². The van der Waals surface area contributed by atoms with Gasteiger partial charge in [0.25, 0.3) is 0 Å². The van der Waals surface area contributed by atoms with Crippen LogP contribution < -0.4 is 16.0 Å². The van der Waals surface area contributed by atoms with Gasteiger partial charge in [-0.3, -0.25) is 5.84 Å². The molecule has 6 nitrogen and oxygen atoms in total. The molecule has 0 radical (unpaired) electrons. The van der Waals surface area contributed by atoms with E-state index in [4.69, 9.17) is 5.84 Å². The van der Waals surface area contributed by atoms with E-state index in [2.05, 4.69) is 15.1 Å². The molecule has 1 aromatic carbocycles. The van der Waals surface area contributed by atoms with Crippen molar-refractivity contribution in [3.05, 3.63) is 39.8 Å². The molecule has 0 aliphatic rings. The largest absolute Gasteiger partial charge is 0.324 e. The van der Waals surface area contributed by atoms with Gasteiger partial charge < -0.3 is 5.43 Å². The summed E-state index contributed by atoms with van der Waals surface area (Å²) >= 11 is 1.50. The van der Waals surface area contributed by atoms with Crippen molar-refractivity contribution in [1.29, 1.82) is 0 Å². The van der Waals surface area contributed by atoms with Gasteiger partial charge in [0.05, 0.1) is 21.6 Å². The molecule has 1 atom stereocenters. The molecule has 2 rings (SSSR count). The van der Waals surface area contributed by atoms with Crippen LogP contribution in [0, 0.1) is 13.8 Å². The predicted molar refractivity (Wildman–Crippen MR) is 84.6 cm³/mol. The Labute approximate surface area is 128 Å². The van der Waals surface area contributed by atoms with E-state index >= 15 is 0 Å². The Balaban J connectivity index is 2.22. The fraction of sp³-hybridized carbons (Fsp3) is 0.308. The lowest BCUT2D eigenvalue weighted by molar-refractivity contribution is 0.568. The monoisotopic (exact) mass is 326 g/mol. The maximum Gasteiger partial charge on any atom is 0.241 e. The summed E-state index contributed by atoms with van der Waals surface area (Å²) in [5.74, 6) is 5.26. The Bertz CT molecular complexity index is 723. The second-order valence-electron chi connectivity index (χ2n) is 4.69. The Morgan fingerprint density at radius 3 is 2.33 bits per heavy atom. The molecule has 0 bridgehead atoms. The van der Waals surface area contributed by atoms with E-state index in [9.17, 15) is 8.42 Å². The quantitative estimate of drug-likeness (QED) is 0.577. The molecule has 0 aliphatic carbocycles. The summed E-state index contributed by atoms with van der Waals surface area (Å²) in [5.41, 5.74) is 3.97. The van der Waals surface area contributed by atoms with Gasteiger partial charge in [-0.2, -0.15) is 0 Å². The summed E-state index contributed by atoms with van der Waals surface area (Å²) in [4.78, 5) is 5.45. The highest BCUT2D eigenvalue weighted by atomic mass is 32.2. The summed E-state index contributed by atoms with van der Waals surface area (Å²) < 4.78 is 27.4. The molecule has 0 saturated heterocycles. The number of nitrogens with zero attached hydrogens (tertiary/aromatic N) is 1. The highest BCUT2D eigenvalue weighted by molar-refractivity contribution is 7.89. The van der Waals surface area contributed by atoms with Crippen molar-refractivity contribution < 1.29 is 8.42 Å². The number of nitrogen functional groups attached to an aromatic ring is 1. The maximum absolute atomic E-state index is 12.4. The molecule has 1 heterocycles. The van der Waals surface area contributed by atoms with E-state index in [-0.39, 0.29) is 10.9 Å². The number of aryl methyl sites for hydroxylation is 2. The molecule has 1 unspecified atom stereocenters. The van der Waals surface area contributed by atoms with Crippen LogP contribution in [0.5, 0.6) is 0 Å². The fourth-order valence-corrected chi connectivity index (χ4v) is 4.25. The first-order valence-electron chi connectivity index (χ1n) is 6.36. The lowest BCUT2D eigenvalue weighted by Gasteiger charge is -2.13. The second kappa shape index (κ2) is 6.10. The van der Waals surface area contributed by atoms with E-state index in [0.29, 0.717) is 5.69 Å². The van der Waals surface area contributed by atoms with Gasteiger partial charge in [-0.1, -0.05) is 0 Å². The smallest absolute Gasteiger partial charge is 0.241 e. The topological polar surface area (TPSA) is 97.1 Å². The third-order valence-corrected chi connectivity index (χ3v) is 5.81. The van der Waals surface area contributed by atoms with Gasteiger partial charge in [-0.05, 0) is 45.0 Å². The van der Waals surface area contributed by atoms with Gasteiger partial charge in [0.2, 0.25) is 10.0 Å². The average molecular weight is 326 g/mol. The van der Waals surface area contributed by atoms with E-state index in [1.54, 1.807) is 12.1 Å². The number of sulfonamides is 1. The first-order chi connectivity index (χ1) is 9.83. The molecule has 0 fully saturated rings. The fourth-order valence-electron chi connectivity index (χ4n) is 2.03. The van der Waals surface area contributed by atoms with Crippen LogP contribution in [0.3, 0.4) is 0 Å².